The van der Waals surface area contributed by atoms with Gasteiger partial charge in [0.15, 0.2) is 11.6 Å². The molecule has 4 N–H and O–H groups in total. The first-order valence-corrected chi connectivity index (χ1v) is 15.7. The summed E-state index contributed by atoms with van der Waals surface area (Å²) in [6, 6.07) is 8.06. The topological polar surface area (TPSA) is 132 Å². The highest BCUT2D eigenvalue weighted by molar-refractivity contribution is 7.93. The normalized spacial score (nSPS) is 30.5. The van der Waals surface area contributed by atoms with Crippen LogP contribution >= 0.6 is 0 Å². The summed E-state index contributed by atoms with van der Waals surface area (Å²) in [6.45, 7) is 0. The number of halogens is 1. The molecule has 0 radical (unpaired) electrons. The van der Waals surface area contributed by atoms with E-state index in [0.717, 1.165) is 38.5 Å². The smallest absolute Gasteiger partial charge is 0.235 e. The van der Waals surface area contributed by atoms with Crippen molar-refractivity contribution in [1.29, 1.82) is 0 Å². The van der Waals surface area contributed by atoms with Crippen molar-refractivity contribution in [2.45, 2.75) is 62.3 Å². The Bertz CT molecular complexity index is 1530. The molecule has 7 rings (SSSR count). The van der Waals surface area contributed by atoms with Crippen molar-refractivity contribution in [2.75, 3.05) is 10.0 Å². The number of nitrogens with zero attached hydrogens (tertiary/aromatic N) is 3. The summed E-state index contributed by atoms with van der Waals surface area (Å²) in [5.41, 5.74) is 7.39. The number of ether oxygens (including phenoxy) is 1. The van der Waals surface area contributed by atoms with E-state index in [9.17, 15) is 8.42 Å². The second-order valence-corrected chi connectivity index (χ2v) is 13.6. The van der Waals surface area contributed by atoms with E-state index >= 15 is 4.39 Å². The predicted octanol–water partition coefficient (Wildman–Crippen LogP) is 4.94. The van der Waals surface area contributed by atoms with E-state index in [1.54, 1.807) is 30.7 Å². The van der Waals surface area contributed by atoms with Gasteiger partial charge in [-0.25, -0.2) is 22.8 Å². The van der Waals surface area contributed by atoms with Crippen LogP contribution in [-0.4, -0.2) is 40.7 Å². The summed E-state index contributed by atoms with van der Waals surface area (Å²) >= 11 is 0. The zero-order valence-electron chi connectivity index (χ0n) is 22.0. The minimum absolute atomic E-state index is 0.0254. The van der Waals surface area contributed by atoms with E-state index in [1.807, 2.05) is 0 Å². The van der Waals surface area contributed by atoms with E-state index in [4.69, 9.17) is 10.5 Å². The molecule has 0 bridgehead atoms. The number of benzene rings is 1. The summed E-state index contributed by atoms with van der Waals surface area (Å²) in [6.07, 6.45) is 11.7. The fraction of sp³-hybridized carbons (Fsp3) is 0.483. The number of aromatic nitrogens is 3. The van der Waals surface area contributed by atoms with Crippen molar-refractivity contribution in [2.24, 2.45) is 29.4 Å². The minimum Gasteiger partial charge on any atom is -0.453 e. The molecule has 40 heavy (non-hydrogen) atoms. The van der Waals surface area contributed by atoms with Gasteiger partial charge in [0, 0.05) is 36.7 Å². The lowest BCUT2D eigenvalue weighted by molar-refractivity contribution is 0.410. The number of sulfonamides is 1. The third kappa shape index (κ3) is 4.79. The first-order chi connectivity index (χ1) is 19.4. The Hall–Kier alpha value is -3.31. The second kappa shape index (κ2) is 9.95. The number of hydrogen-bond donors (Lipinski definition) is 3. The van der Waals surface area contributed by atoms with Crippen LogP contribution in [0.4, 0.5) is 16.0 Å². The van der Waals surface area contributed by atoms with Gasteiger partial charge in [-0.05, 0) is 92.9 Å². The van der Waals surface area contributed by atoms with Crippen molar-refractivity contribution in [3.63, 3.8) is 0 Å². The fourth-order valence-corrected chi connectivity index (χ4v) is 9.26. The number of rotatable bonds is 8. The van der Waals surface area contributed by atoms with Crippen LogP contribution < -0.4 is 20.5 Å². The molecule has 5 atom stereocenters. The summed E-state index contributed by atoms with van der Waals surface area (Å²) in [7, 11) is -3.59. The minimum atomic E-state index is -3.59. The highest BCUT2D eigenvalue weighted by Gasteiger charge is 2.68. The number of hydrogen-bond acceptors (Lipinski definition) is 8. The molecule has 0 saturated heterocycles. The fourth-order valence-electron chi connectivity index (χ4n) is 7.36. The van der Waals surface area contributed by atoms with E-state index in [0.29, 0.717) is 47.1 Å². The Morgan fingerprint density at radius 2 is 1.82 bits per heavy atom. The molecule has 3 aromatic rings. The lowest BCUT2D eigenvalue weighted by Gasteiger charge is -2.26. The van der Waals surface area contributed by atoms with E-state index in [-0.39, 0.29) is 34.7 Å². The van der Waals surface area contributed by atoms with Crippen molar-refractivity contribution >= 4 is 21.7 Å². The average Bonchev–Trinajstić information content (AvgIpc) is 3.36. The van der Waals surface area contributed by atoms with Gasteiger partial charge in [-0.1, -0.05) is 0 Å². The molecule has 11 heteroatoms. The maximum absolute atomic E-state index is 15.2. The van der Waals surface area contributed by atoms with Gasteiger partial charge in [-0.2, -0.15) is 0 Å². The Balaban J connectivity index is 1.06. The Morgan fingerprint density at radius 3 is 2.60 bits per heavy atom. The van der Waals surface area contributed by atoms with E-state index in [2.05, 4.69) is 25.0 Å². The average molecular weight is 565 g/mol. The van der Waals surface area contributed by atoms with E-state index < -0.39 is 15.8 Å². The highest BCUT2D eigenvalue weighted by Crippen LogP contribution is 2.69. The maximum Gasteiger partial charge on any atom is 0.235 e. The molecule has 9 nitrogen and oxygen atoms in total. The van der Waals surface area contributed by atoms with Crippen LogP contribution in [0.1, 0.15) is 44.9 Å². The monoisotopic (exact) mass is 564 g/mol. The molecule has 0 aliphatic heterocycles. The van der Waals surface area contributed by atoms with Crippen LogP contribution in [0.2, 0.25) is 0 Å². The molecular weight excluding hydrogens is 531 g/mol. The summed E-state index contributed by atoms with van der Waals surface area (Å²) < 4.78 is 50.0. The molecule has 4 aliphatic carbocycles. The van der Waals surface area contributed by atoms with Gasteiger partial charge < -0.3 is 15.8 Å². The van der Waals surface area contributed by atoms with Gasteiger partial charge in [0.05, 0.1) is 22.2 Å². The Morgan fingerprint density at radius 1 is 0.975 bits per heavy atom. The van der Waals surface area contributed by atoms with Crippen molar-refractivity contribution < 1.29 is 17.5 Å². The molecule has 4 fully saturated rings. The number of nitrogens with one attached hydrogen (secondary N) is 2. The molecule has 2 heterocycles. The van der Waals surface area contributed by atoms with Gasteiger partial charge in [0.25, 0.3) is 0 Å². The largest absolute Gasteiger partial charge is 0.453 e. The van der Waals surface area contributed by atoms with Crippen molar-refractivity contribution in [3.05, 3.63) is 54.7 Å². The van der Waals surface area contributed by atoms with Crippen LogP contribution in [0, 0.1) is 29.5 Å². The summed E-state index contributed by atoms with van der Waals surface area (Å²) in [5, 5.41) is 3.01. The predicted molar refractivity (Wildman–Crippen MR) is 150 cm³/mol. The van der Waals surface area contributed by atoms with Gasteiger partial charge in [-0.15, -0.1) is 0 Å². The van der Waals surface area contributed by atoms with Crippen LogP contribution in [0.5, 0.6) is 11.5 Å². The molecule has 0 amide bonds. The SMILES string of the molecule is NC1CCC(Nc2nccc(-c3cnccc3Oc3ccc(NS(=O)(=O)C4CC5CCC6C5C64)cc3F)n2)CC1. The molecular formula is C29H33FN6O3S. The molecule has 2 aromatic heterocycles. The first kappa shape index (κ1) is 25.6. The van der Waals surface area contributed by atoms with Crippen LogP contribution in [0.25, 0.3) is 11.3 Å². The number of fused-ring (bicyclic) bond motifs is 1. The first-order valence-electron chi connectivity index (χ1n) is 14.1. The third-order valence-corrected chi connectivity index (χ3v) is 11.1. The summed E-state index contributed by atoms with van der Waals surface area (Å²) in [5.74, 6) is 2.13. The van der Waals surface area contributed by atoms with E-state index in [1.165, 1.54) is 18.2 Å². The standard InChI is InChI=1S/C29H33FN6O3S/c30-22-14-19(36-40(37,38)26-13-16-1-7-20-27(16)28(20)26)6-8-25(22)39-24-10-11-32-15-21(24)23-9-12-33-29(35-23)34-18-4-2-17(31)3-5-18/h6,8-12,14-18,20,26-28,36H,1-5,7,13,31H2,(H,33,34,35). The van der Waals surface area contributed by atoms with Gasteiger partial charge >= 0.3 is 0 Å². The molecule has 210 valence electrons. The number of nitrogens with two attached hydrogens (primary N) is 1. The lowest BCUT2D eigenvalue weighted by atomic mass is 9.92. The molecule has 1 aromatic carbocycles. The zero-order valence-corrected chi connectivity index (χ0v) is 22.9. The Kier molecular flexibility index (Phi) is 6.38. The molecule has 0 spiro atoms. The number of pyridine rings is 1. The second-order valence-electron chi connectivity index (χ2n) is 11.7. The summed E-state index contributed by atoms with van der Waals surface area (Å²) in [4.78, 5) is 13.2. The van der Waals surface area contributed by atoms with Crippen LogP contribution in [0.3, 0.4) is 0 Å². The van der Waals surface area contributed by atoms with Gasteiger partial charge in [0.1, 0.15) is 5.75 Å². The van der Waals surface area contributed by atoms with Crippen LogP contribution in [-0.2, 0) is 10.0 Å². The molecule has 4 saturated carbocycles. The molecule has 4 aliphatic rings. The third-order valence-electron chi connectivity index (χ3n) is 9.30. The zero-order chi connectivity index (χ0) is 27.4. The highest BCUT2D eigenvalue weighted by atomic mass is 32.2. The van der Waals surface area contributed by atoms with Gasteiger partial charge in [0.2, 0.25) is 16.0 Å². The quantitative estimate of drug-likeness (QED) is 0.351. The van der Waals surface area contributed by atoms with Crippen molar-refractivity contribution in [1.82, 2.24) is 15.0 Å². The molecule has 5 unspecified atom stereocenters. The number of anilines is 2. The van der Waals surface area contributed by atoms with Crippen molar-refractivity contribution in [3.8, 4) is 22.8 Å². The van der Waals surface area contributed by atoms with Crippen LogP contribution in [0.15, 0.2) is 48.9 Å². The maximum atomic E-state index is 15.2. The van der Waals surface area contributed by atoms with Gasteiger partial charge in [-0.3, -0.25) is 9.71 Å². The lowest BCUT2D eigenvalue weighted by Crippen LogP contribution is -2.33. The Labute approximate surface area is 233 Å².